The average molecular weight is 332 g/mol. The van der Waals surface area contributed by atoms with Crippen molar-refractivity contribution < 1.29 is 9.90 Å². The summed E-state index contributed by atoms with van der Waals surface area (Å²) in [6.45, 7) is 0. The minimum absolute atomic E-state index is 0.181. The highest BCUT2D eigenvalue weighted by Gasteiger charge is 2.34. The molecule has 0 saturated carbocycles. The van der Waals surface area contributed by atoms with Crippen molar-refractivity contribution in [1.82, 2.24) is 5.32 Å². The van der Waals surface area contributed by atoms with E-state index in [1.165, 1.54) is 0 Å². The molecule has 3 aromatic rings. The third-order valence-corrected chi connectivity index (χ3v) is 4.87. The van der Waals surface area contributed by atoms with Crippen molar-refractivity contribution in [2.24, 2.45) is 0 Å². The summed E-state index contributed by atoms with van der Waals surface area (Å²) in [5.74, 6) is -0.181. The molecule has 1 aliphatic rings. The predicted octanol–water partition coefficient (Wildman–Crippen LogP) is 3.42. The number of benzene rings is 3. The van der Waals surface area contributed by atoms with Crippen LogP contribution >= 0.6 is 0 Å². The van der Waals surface area contributed by atoms with E-state index < -0.39 is 12.1 Å². The second-order valence-corrected chi connectivity index (χ2v) is 6.63. The molecule has 25 heavy (non-hydrogen) atoms. The molecule has 2 N–H and O–H groups in total. The number of nitrogens with zero attached hydrogens (tertiary/aromatic N) is 1. The molecule has 0 saturated heterocycles. The minimum atomic E-state index is -0.730. The maximum atomic E-state index is 12.7. The Morgan fingerprint density at radius 3 is 2.24 bits per heavy atom. The molecule has 0 aromatic heterocycles. The molecule has 1 aliphatic carbocycles. The van der Waals surface area contributed by atoms with Crippen molar-refractivity contribution >= 4 is 22.4 Å². The predicted molar refractivity (Wildman–Crippen MR) is 99.9 cm³/mol. The standard InChI is InChI=1S/C21H20N2O2/c1-23(2)15-11-9-14(10-12-15)21(25)22-19-16-7-3-5-13-6-4-8-17(18(13)16)20(19)24/h3-12,19-20,24H,1-2H3,(H,22,25)/t19-,20+/m1/s1. The van der Waals surface area contributed by atoms with Crippen LogP contribution in [-0.2, 0) is 0 Å². The number of carbonyl (C=O) groups excluding carboxylic acids is 1. The fourth-order valence-electron chi connectivity index (χ4n) is 3.55. The number of aliphatic hydroxyl groups is 1. The quantitative estimate of drug-likeness (QED) is 0.773. The molecule has 4 nitrogen and oxygen atoms in total. The van der Waals surface area contributed by atoms with E-state index in [2.05, 4.69) is 5.32 Å². The first-order valence-electron chi connectivity index (χ1n) is 8.34. The summed E-state index contributed by atoms with van der Waals surface area (Å²) >= 11 is 0. The molecule has 3 aromatic carbocycles. The Labute approximate surface area is 146 Å². The number of hydrogen-bond acceptors (Lipinski definition) is 3. The zero-order valence-electron chi connectivity index (χ0n) is 14.2. The number of hydrogen-bond donors (Lipinski definition) is 2. The Morgan fingerprint density at radius 1 is 0.960 bits per heavy atom. The van der Waals surface area contributed by atoms with E-state index in [-0.39, 0.29) is 5.91 Å². The molecule has 0 radical (unpaired) electrons. The summed E-state index contributed by atoms with van der Waals surface area (Å²) in [4.78, 5) is 14.6. The van der Waals surface area contributed by atoms with E-state index in [1.807, 2.05) is 67.5 Å². The number of carbonyl (C=O) groups is 1. The Kier molecular flexibility index (Phi) is 3.70. The van der Waals surface area contributed by atoms with Crippen molar-refractivity contribution in [1.29, 1.82) is 0 Å². The topological polar surface area (TPSA) is 52.6 Å². The van der Waals surface area contributed by atoms with E-state index >= 15 is 0 Å². The van der Waals surface area contributed by atoms with Crippen molar-refractivity contribution in [2.75, 3.05) is 19.0 Å². The lowest BCUT2D eigenvalue weighted by molar-refractivity contribution is 0.0848. The van der Waals surface area contributed by atoms with Gasteiger partial charge in [0.15, 0.2) is 0 Å². The van der Waals surface area contributed by atoms with Gasteiger partial charge in [0.2, 0.25) is 0 Å². The number of anilines is 1. The van der Waals surface area contributed by atoms with E-state index in [9.17, 15) is 9.90 Å². The Balaban J connectivity index is 1.63. The lowest BCUT2D eigenvalue weighted by atomic mass is 10.0. The van der Waals surface area contributed by atoms with Gasteiger partial charge in [0, 0.05) is 25.3 Å². The highest BCUT2D eigenvalue weighted by Crippen LogP contribution is 2.43. The van der Waals surface area contributed by atoms with Gasteiger partial charge >= 0.3 is 0 Å². The minimum Gasteiger partial charge on any atom is -0.386 e. The molecule has 0 unspecified atom stereocenters. The molecule has 0 bridgehead atoms. The molecule has 4 heteroatoms. The fourth-order valence-corrected chi connectivity index (χ4v) is 3.55. The van der Waals surface area contributed by atoms with Crippen LogP contribution in [-0.4, -0.2) is 25.1 Å². The zero-order valence-corrected chi connectivity index (χ0v) is 14.2. The first-order chi connectivity index (χ1) is 12.1. The van der Waals surface area contributed by atoms with Gasteiger partial charge in [-0.1, -0.05) is 36.4 Å². The lowest BCUT2D eigenvalue weighted by Crippen LogP contribution is -2.30. The Bertz CT molecular complexity index is 943. The van der Waals surface area contributed by atoms with Crippen molar-refractivity contribution in [3.8, 4) is 0 Å². The molecule has 4 rings (SSSR count). The van der Waals surface area contributed by atoms with Gasteiger partial charge in [0.1, 0.15) is 6.10 Å². The fraction of sp³-hybridized carbons (Fsp3) is 0.190. The molecule has 126 valence electrons. The van der Waals surface area contributed by atoms with Gasteiger partial charge in [-0.25, -0.2) is 0 Å². The van der Waals surface area contributed by atoms with Gasteiger partial charge in [0.05, 0.1) is 6.04 Å². The SMILES string of the molecule is CN(C)c1ccc(C(=O)N[C@@H]2c3cccc4cccc(c34)[C@@H]2O)cc1. The van der Waals surface area contributed by atoms with E-state index in [0.29, 0.717) is 5.56 Å². The highest BCUT2D eigenvalue weighted by atomic mass is 16.3. The van der Waals surface area contributed by atoms with E-state index in [1.54, 1.807) is 12.1 Å². The molecular weight excluding hydrogens is 312 g/mol. The smallest absolute Gasteiger partial charge is 0.251 e. The molecule has 0 spiro atoms. The summed E-state index contributed by atoms with van der Waals surface area (Å²) in [5, 5.41) is 15.8. The van der Waals surface area contributed by atoms with E-state index in [4.69, 9.17) is 0 Å². The summed E-state index contributed by atoms with van der Waals surface area (Å²) in [7, 11) is 3.92. The maximum Gasteiger partial charge on any atom is 0.251 e. The second kappa shape index (κ2) is 5.90. The van der Waals surface area contributed by atoms with Crippen LogP contribution in [0.3, 0.4) is 0 Å². The van der Waals surface area contributed by atoms with Gasteiger partial charge in [-0.15, -0.1) is 0 Å². The maximum absolute atomic E-state index is 12.7. The zero-order chi connectivity index (χ0) is 17.6. The summed E-state index contributed by atoms with van der Waals surface area (Å²) < 4.78 is 0. The number of aliphatic hydroxyl groups excluding tert-OH is 1. The van der Waals surface area contributed by atoms with Gasteiger partial charge in [-0.05, 0) is 46.2 Å². The number of amides is 1. The van der Waals surface area contributed by atoms with Crippen molar-refractivity contribution in [3.63, 3.8) is 0 Å². The largest absolute Gasteiger partial charge is 0.386 e. The number of nitrogens with one attached hydrogen (secondary N) is 1. The van der Waals surface area contributed by atoms with Crippen LogP contribution in [0.5, 0.6) is 0 Å². The third-order valence-electron chi connectivity index (χ3n) is 4.87. The van der Waals surface area contributed by atoms with Crippen LogP contribution in [0, 0.1) is 0 Å². The van der Waals surface area contributed by atoms with Gasteiger partial charge < -0.3 is 15.3 Å². The molecule has 0 heterocycles. The molecule has 2 atom stereocenters. The van der Waals surface area contributed by atoms with Crippen LogP contribution in [0.2, 0.25) is 0 Å². The summed E-state index contributed by atoms with van der Waals surface area (Å²) in [6, 6.07) is 18.9. The van der Waals surface area contributed by atoms with Gasteiger partial charge in [0.25, 0.3) is 5.91 Å². The lowest BCUT2D eigenvalue weighted by Gasteiger charge is -2.19. The monoisotopic (exact) mass is 332 g/mol. The molecule has 0 fully saturated rings. The van der Waals surface area contributed by atoms with Crippen LogP contribution in [0.4, 0.5) is 5.69 Å². The average Bonchev–Trinajstić information content (AvgIpc) is 2.90. The summed E-state index contributed by atoms with van der Waals surface area (Å²) in [5.41, 5.74) is 3.47. The molecular formula is C21H20N2O2. The van der Waals surface area contributed by atoms with Crippen molar-refractivity contribution in [2.45, 2.75) is 12.1 Å². The summed E-state index contributed by atoms with van der Waals surface area (Å²) in [6.07, 6.45) is -0.730. The first-order valence-corrected chi connectivity index (χ1v) is 8.34. The highest BCUT2D eigenvalue weighted by molar-refractivity contribution is 5.97. The van der Waals surface area contributed by atoms with Gasteiger partial charge in [-0.3, -0.25) is 4.79 Å². The number of rotatable bonds is 3. The second-order valence-electron chi connectivity index (χ2n) is 6.63. The van der Waals surface area contributed by atoms with Crippen LogP contribution < -0.4 is 10.2 Å². The first kappa shape index (κ1) is 15.7. The molecule has 1 amide bonds. The van der Waals surface area contributed by atoms with Crippen LogP contribution in [0.15, 0.2) is 60.7 Å². The van der Waals surface area contributed by atoms with Gasteiger partial charge in [-0.2, -0.15) is 0 Å². The van der Waals surface area contributed by atoms with Crippen LogP contribution in [0.25, 0.3) is 10.8 Å². The normalized spacial score (nSPS) is 18.4. The Morgan fingerprint density at radius 2 is 1.60 bits per heavy atom. The van der Waals surface area contributed by atoms with Crippen LogP contribution in [0.1, 0.15) is 33.6 Å². The van der Waals surface area contributed by atoms with Crippen molar-refractivity contribution in [3.05, 3.63) is 77.4 Å². The van der Waals surface area contributed by atoms with E-state index in [0.717, 1.165) is 27.6 Å². The molecule has 0 aliphatic heterocycles. The Hall–Kier alpha value is -2.85. The third kappa shape index (κ3) is 2.55.